The molecule has 1 heterocycles. The van der Waals surface area contributed by atoms with Crippen molar-refractivity contribution in [2.75, 3.05) is 26.7 Å². The van der Waals surface area contributed by atoms with E-state index in [0.717, 1.165) is 18.9 Å². The summed E-state index contributed by atoms with van der Waals surface area (Å²) in [5.41, 5.74) is 1.37. The highest BCUT2D eigenvalue weighted by molar-refractivity contribution is 5.29. The molecule has 0 bridgehead atoms. The Morgan fingerprint density at radius 1 is 1.39 bits per heavy atom. The molecule has 1 N–H and O–H groups in total. The van der Waals surface area contributed by atoms with Gasteiger partial charge in [0.1, 0.15) is 5.75 Å². The van der Waals surface area contributed by atoms with Gasteiger partial charge in [0, 0.05) is 25.2 Å². The van der Waals surface area contributed by atoms with E-state index in [2.05, 4.69) is 48.5 Å². The molecule has 0 saturated carbocycles. The van der Waals surface area contributed by atoms with E-state index in [4.69, 9.17) is 4.74 Å². The monoisotopic (exact) mass is 248 g/mol. The molecule has 1 saturated heterocycles. The number of likely N-dealkylation sites (tertiary alicyclic amines) is 1. The summed E-state index contributed by atoms with van der Waals surface area (Å²) in [4.78, 5) is 2.54. The Balaban J connectivity index is 1.98. The fraction of sp³-hybridized carbons (Fsp3) is 0.600. The molecule has 0 spiro atoms. The smallest absolute Gasteiger partial charge is 0.119 e. The minimum atomic E-state index is 0.485. The third kappa shape index (κ3) is 3.03. The second-order valence-electron chi connectivity index (χ2n) is 4.95. The van der Waals surface area contributed by atoms with E-state index < -0.39 is 0 Å². The molecule has 0 amide bonds. The number of benzene rings is 1. The van der Waals surface area contributed by atoms with Gasteiger partial charge in [-0.15, -0.1) is 0 Å². The zero-order chi connectivity index (χ0) is 13.0. The predicted octanol–water partition coefficient (Wildman–Crippen LogP) is 2.44. The minimum absolute atomic E-state index is 0.485. The van der Waals surface area contributed by atoms with E-state index in [1.165, 1.54) is 18.5 Å². The molecule has 18 heavy (non-hydrogen) atoms. The Labute approximate surface area is 110 Å². The number of likely N-dealkylation sites (N-methyl/N-ethyl adjacent to an activating group) is 1. The first-order chi connectivity index (χ1) is 8.74. The third-order valence-corrected chi connectivity index (χ3v) is 3.85. The van der Waals surface area contributed by atoms with Crippen LogP contribution in [0.4, 0.5) is 0 Å². The molecule has 2 unspecified atom stereocenters. The average Bonchev–Trinajstić information content (AvgIpc) is 2.88. The van der Waals surface area contributed by atoms with Crippen molar-refractivity contribution in [2.24, 2.45) is 0 Å². The van der Waals surface area contributed by atoms with E-state index >= 15 is 0 Å². The van der Waals surface area contributed by atoms with Crippen LogP contribution < -0.4 is 10.1 Å². The van der Waals surface area contributed by atoms with Gasteiger partial charge >= 0.3 is 0 Å². The quantitative estimate of drug-likeness (QED) is 0.866. The minimum Gasteiger partial charge on any atom is -0.494 e. The van der Waals surface area contributed by atoms with Gasteiger partial charge in [-0.3, -0.25) is 4.90 Å². The lowest BCUT2D eigenvalue weighted by Gasteiger charge is -2.24. The summed E-state index contributed by atoms with van der Waals surface area (Å²) in [7, 11) is 2.05. The van der Waals surface area contributed by atoms with Crippen LogP contribution in [0, 0.1) is 0 Å². The molecule has 0 radical (unpaired) electrons. The number of nitrogens with zero attached hydrogens (tertiary/aromatic N) is 1. The molecule has 2 atom stereocenters. The van der Waals surface area contributed by atoms with E-state index in [1.807, 2.05) is 6.92 Å². The van der Waals surface area contributed by atoms with Crippen LogP contribution in [0.5, 0.6) is 5.75 Å². The SMILES string of the molecule is CCOc1ccc(C(C)N2CCC(NC)C2)cc1. The molecular weight excluding hydrogens is 224 g/mol. The number of nitrogens with one attached hydrogen (secondary N) is 1. The molecule has 2 rings (SSSR count). The standard InChI is InChI=1S/C15H24N2O/c1-4-18-15-7-5-13(6-8-15)12(2)17-10-9-14(11-17)16-3/h5-8,12,14,16H,4,9-11H2,1-3H3. The lowest BCUT2D eigenvalue weighted by Crippen LogP contribution is -2.31. The Kier molecular flexibility index (Phi) is 4.61. The average molecular weight is 248 g/mol. The van der Waals surface area contributed by atoms with Crippen LogP contribution in [0.15, 0.2) is 24.3 Å². The number of ether oxygens (including phenoxy) is 1. The Hall–Kier alpha value is -1.06. The molecule has 1 aliphatic heterocycles. The van der Waals surface area contributed by atoms with Gasteiger partial charge in [0.25, 0.3) is 0 Å². The lowest BCUT2D eigenvalue weighted by molar-refractivity contribution is 0.256. The fourth-order valence-corrected chi connectivity index (χ4v) is 2.59. The first-order valence-corrected chi connectivity index (χ1v) is 6.88. The maximum Gasteiger partial charge on any atom is 0.119 e. The van der Waals surface area contributed by atoms with Gasteiger partial charge in [-0.25, -0.2) is 0 Å². The van der Waals surface area contributed by atoms with Crippen LogP contribution in [0.3, 0.4) is 0 Å². The van der Waals surface area contributed by atoms with E-state index in [0.29, 0.717) is 12.1 Å². The third-order valence-electron chi connectivity index (χ3n) is 3.85. The van der Waals surface area contributed by atoms with Crippen molar-refractivity contribution in [3.8, 4) is 5.75 Å². The summed E-state index contributed by atoms with van der Waals surface area (Å²) in [6.07, 6.45) is 1.25. The molecular formula is C15H24N2O. The zero-order valence-corrected chi connectivity index (χ0v) is 11.6. The summed E-state index contributed by atoms with van der Waals surface area (Å²) in [5, 5.41) is 3.36. The van der Waals surface area contributed by atoms with Gasteiger partial charge < -0.3 is 10.1 Å². The number of hydrogen-bond acceptors (Lipinski definition) is 3. The molecule has 100 valence electrons. The summed E-state index contributed by atoms with van der Waals surface area (Å²) in [6.45, 7) is 7.35. The highest BCUT2D eigenvalue weighted by Gasteiger charge is 2.25. The summed E-state index contributed by atoms with van der Waals surface area (Å²) in [5.74, 6) is 0.961. The topological polar surface area (TPSA) is 24.5 Å². The zero-order valence-electron chi connectivity index (χ0n) is 11.6. The molecule has 3 heteroatoms. The van der Waals surface area contributed by atoms with Crippen LogP contribution >= 0.6 is 0 Å². The van der Waals surface area contributed by atoms with Gasteiger partial charge in [-0.05, 0) is 45.0 Å². The van der Waals surface area contributed by atoms with Crippen LogP contribution in [0.25, 0.3) is 0 Å². The van der Waals surface area contributed by atoms with Crippen molar-refractivity contribution >= 4 is 0 Å². The predicted molar refractivity (Wildman–Crippen MR) is 75.1 cm³/mol. The number of hydrogen-bond donors (Lipinski definition) is 1. The molecule has 1 aliphatic rings. The fourth-order valence-electron chi connectivity index (χ4n) is 2.59. The van der Waals surface area contributed by atoms with Crippen molar-refractivity contribution in [1.82, 2.24) is 10.2 Å². The Morgan fingerprint density at radius 2 is 2.11 bits per heavy atom. The number of rotatable bonds is 5. The molecule has 1 aromatic rings. The summed E-state index contributed by atoms with van der Waals surface area (Å²) >= 11 is 0. The van der Waals surface area contributed by atoms with E-state index in [9.17, 15) is 0 Å². The van der Waals surface area contributed by atoms with E-state index in [-0.39, 0.29) is 0 Å². The first kappa shape index (κ1) is 13.4. The van der Waals surface area contributed by atoms with Crippen LogP contribution in [0.2, 0.25) is 0 Å². The van der Waals surface area contributed by atoms with Crippen molar-refractivity contribution in [2.45, 2.75) is 32.4 Å². The van der Waals surface area contributed by atoms with Gasteiger partial charge in [0.05, 0.1) is 6.61 Å². The van der Waals surface area contributed by atoms with E-state index in [1.54, 1.807) is 0 Å². The Morgan fingerprint density at radius 3 is 2.67 bits per heavy atom. The molecule has 1 aromatic carbocycles. The maximum absolute atomic E-state index is 5.48. The highest BCUT2D eigenvalue weighted by Crippen LogP contribution is 2.26. The van der Waals surface area contributed by atoms with Crippen LogP contribution in [0.1, 0.15) is 31.9 Å². The van der Waals surface area contributed by atoms with Crippen molar-refractivity contribution in [3.05, 3.63) is 29.8 Å². The highest BCUT2D eigenvalue weighted by atomic mass is 16.5. The molecule has 3 nitrogen and oxygen atoms in total. The second kappa shape index (κ2) is 6.21. The normalized spacial score (nSPS) is 22.1. The van der Waals surface area contributed by atoms with Crippen LogP contribution in [-0.2, 0) is 0 Å². The molecule has 1 fully saturated rings. The summed E-state index contributed by atoms with van der Waals surface area (Å²) < 4.78 is 5.48. The van der Waals surface area contributed by atoms with Crippen molar-refractivity contribution in [1.29, 1.82) is 0 Å². The van der Waals surface area contributed by atoms with Crippen LogP contribution in [-0.4, -0.2) is 37.7 Å². The Bertz CT molecular complexity index is 363. The second-order valence-corrected chi connectivity index (χ2v) is 4.95. The lowest BCUT2D eigenvalue weighted by atomic mass is 10.1. The molecule has 0 aromatic heterocycles. The van der Waals surface area contributed by atoms with Gasteiger partial charge in [-0.1, -0.05) is 12.1 Å². The maximum atomic E-state index is 5.48. The summed E-state index contributed by atoms with van der Waals surface area (Å²) in [6, 6.07) is 9.64. The van der Waals surface area contributed by atoms with Crippen molar-refractivity contribution < 1.29 is 4.74 Å². The molecule has 0 aliphatic carbocycles. The van der Waals surface area contributed by atoms with Gasteiger partial charge in [0.15, 0.2) is 0 Å². The van der Waals surface area contributed by atoms with Gasteiger partial charge in [-0.2, -0.15) is 0 Å². The first-order valence-electron chi connectivity index (χ1n) is 6.88. The van der Waals surface area contributed by atoms with Crippen molar-refractivity contribution in [3.63, 3.8) is 0 Å². The largest absolute Gasteiger partial charge is 0.494 e. The van der Waals surface area contributed by atoms with Gasteiger partial charge in [0.2, 0.25) is 0 Å².